The number of phenolic OH excluding ortho intramolecular Hbond substituents is 1. The number of benzene rings is 1. The van der Waals surface area contributed by atoms with Gasteiger partial charge in [0.2, 0.25) is 0 Å². The number of rotatable bonds is 4. The summed E-state index contributed by atoms with van der Waals surface area (Å²) in [6.07, 6.45) is 0.345. The van der Waals surface area contributed by atoms with E-state index in [1.54, 1.807) is 6.92 Å². The van der Waals surface area contributed by atoms with E-state index in [9.17, 15) is 9.90 Å². The summed E-state index contributed by atoms with van der Waals surface area (Å²) < 4.78 is 5.11. The highest BCUT2D eigenvalue weighted by atomic mass is 16.5. The number of hydrogen-bond donors (Lipinski definition) is 2. The van der Waals surface area contributed by atoms with Gasteiger partial charge in [-0.05, 0) is 37.5 Å². The molecule has 1 aromatic carbocycles. The molecule has 0 bridgehead atoms. The molecule has 0 aliphatic heterocycles. The number of methoxy groups -OCH3 is 1. The Balaban J connectivity index is 3.10. The van der Waals surface area contributed by atoms with Crippen molar-refractivity contribution in [2.24, 2.45) is 0 Å². The number of carboxylic acids is 1. The van der Waals surface area contributed by atoms with Crippen molar-refractivity contribution in [1.29, 1.82) is 0 Å². The molecule has 0 saturated carbocycles. The van der Waals surface area contributed by atoms with Crippen LogP contribution in [0.2, 0.25) is 0 Å². The second-order valence-electron chi connectivity index (χ2n) is 3.74. The molecular formula is C12H16O4. The van der Waals surface area contributed by atoms with Crippen LogP contribution in [0.25, 0.3) is 0 Å². The van der Waals surface area contributed by atoms with E-state index in [4.69, 9.17) is 9.84 Å². The van der Waals surface area contributed by atoms with Crippen LogP contribution in [0.5, 0.6) is 11.5 Å². The first kappa shape index (κ1) is 12.4. The van der Waals surface area contributed by atoms with Gasteiger partial charge in [0.15, 0.2) is 0 Å². The van der Waals surface area contributed by atoms with Crippen molar-refractivity contribution >= 4 is 5.97 Å². The number of aromatic hydroxyl groups is 1. The second-order valence-corrected chi connectivity index (χ2v) is 3.74. The van der Waals surface area contributed by atoms with Gasteiger partial charge in [-0.25, -0.2) is 0 Å². The van der Waals surface area contributed by atoms with Gasteiger partial charge in [-0.2, -0.15) is 0 Å². The number of carbonyl (C=O) groups is 1. The zero-order valence-electron chi connectivity index (χ0n) is 9.70. The highest BCUT2D eigenvalue weighted by Crippen LogP contribution is 2.33. The molecule has 1 aromatic rings. The van der Waals surface area contributed by atoms with Gasteiger partial charge < -0.3 is 14.9 Å². The minimum Gasteiger partial charge on any atom is -0.507 e. The molecule has 1 rings (SSSR count). The fraction of sp³-hybridized carbons (Fsp3) is 0.417. The van der Waals surface area contributed by atoms with Crippen LogP contribution in [0, 0.1) is 13.8 Å². The first-order valence-corrected chi connectivity index (χ1v) is 5.05. The van der Waals surface area contributed by atoms with Crippen molar-refractivity contribution in [2.75, 3.05) is 7.11 Å². The average molecular weight is 224 g/mol. The molecule has 0 saturated heterocycles. The molecule has 4 heteroatoms. The highest BCUT2D eigenvalue weighted by Gasteiger charge is 2.13. The summed E-state index contributed by atoms with van der Waals surface area (Å²) in [5.74, 6) is -0.112. The third-order valence-electron chi connectivity index (χ3n) is 2.64. The standard InChI is InChI=1S/C12H16O4/c1-7-6-10(16-3)8(2)12(15)9(7)4-5-11(13)14/h6,15H,4-5H2,1-3H3,(H,13,14). The lowest BCUT2D eigenvalue weighted by molar-refractivity contribution is -0.136. The summed E-state index contributed by atoms with van der Waals surface area (Å²) in [4.78, 5) is 10.5. The Morgan fingerprint density at radius 1 is 1.44 bits per heavy atom. The van der Waals surface area contributed by atoms with E-state index in [1.165, 1.54) is 7.11 Å². The lowest BCUT2D eigenvalue weighted by Crippen LogP contribution is -2.01. The van der Waals surface area contributed by atoms with Crippen LogP contribution in [0.15, 0.2) is 6.07 Å². The zero-order valence-corrected chi connectivity index (χ0v) is 9.70. The largest absolute Gasteiger partial charge is 0.507 e. The lowest BCUT2D eigenvalue weighted by atomic mass is 9.99. The predicted octanol–water partition coefficient (Wildman–Crippen LogP) is 2.03. The number of hydrogen-bond acceptors (Lipinski definition) is 3. The van der Waals surface area contributed by atoms with E-state index in [0.29, 0.717) is 23.3 Å². The Hall–Kier alpha value is -1.71. The fourth-order valence-electron chi connectivity index (χ4n) is 1.68. The topological polar surface area (TPSA) is 66.8 Å². The van der Waals surface area contributed by atoms with Crippen molar-refractivity contribution in [3.05, 3.63) is 22.8 Å². The van der Waals surface area contributed by atoms with Crippen LogP contribution in [0.3, 0.4) is 0 Å². The quantitative estimate of drug-likeness (QED) is 0.821. The lowest BCUT2D eigenvalue weighted by Gasteiger charge is -2.13. The number of carboxylic acid groups (broad SMARTS) is 1. The van der Waals surface area contributed by atoms with Gasteiger partial charge in [-0.3, -0.25) is 4.79 Å². The molecule has 2 N–H and O–H groups in total. The maximum absolute atomic E-state index is 10.5. The van der Waals surface area contributed by atoms with Gasteiger partial charge in [0, 0.05) is 12.0 Å². The van der Waals surface area contributed by atoms with Gasteiger partial charge in [0.25, 0.3) is 0 Å². The highest BCUT2D eigenvalue weighted by molar-refractivity contribution is 5.67. The Bertz CT molecular complexity index is 410. The van der Waals surface area contributed by atoms with Crippen LogP contribution in [0.4, 0.5) is 0 Å². The molecule has 0 fully saturated rings. The minimum atomic E-state index is -0.868. The normalized spacial score (nSPS) is 10.2. The Labute approximate surface area is 94.5 Å². The molecule has 4 nitrogen and oxygen atoms in total. The van der Waals surface area contributed by atoms with Gasteiger partial charge in [0.05, 0.1) is 7.11 Å². The van der Waals surface area contributed by atoms with Gasteiger partial charge in [0.1, 0.15) is 11.5 Å². The third kappa shape index (κ3) is 2.45. The van der Waals surface area contributed by atoms with Gasteiger partial charge in [-0.15, -0.1) is 0 Å². The van der Waals surface area contributed by atoms with E-state index in [-0.39, 0.29) is 12.2 Å². The van der Waals surface area contributed by atoms with Crippen molar-refractivity contribution < 1.29 is 19.7 Å². The van der Waals surface area contributed by atoms with E-state index in [2.05, 4.69) is 0 Å². The number of aryl methyl sites for hydroxylation is 1. The molecular weight excluding hydrogens is 208 g/mol. The minimum absolute atomic E-state index is 0.0141. The Morgan fingerprint density at radius 2 is 2.06 bits per heavy atom. The monoisotopic (exact) mass is 224 g/mol. The van der Waals surface area contributed by atoms with E-state index in [1.807, 2.05) is 13.0 Å². The van der Waals surface area contributed by atoms with E-state index >= 15 is 0 Å². The molecule has 0 aliphatic carbocycles. The predicted molar refractivity (Wildman–Crippen MR) is 60.1 cm³/mol. The first-order valence-electron chi connectivity index (χ1n) is 5.05. The average Bonchev–Trinajstić information content (AvgIpc) is 2.22. The summed E-state index contributed by atoms with van der Waals surface area (Å²) in [6.45, 7) is 3.58. The van der Waals surface area contributed by atoms with Crippen molar-refractivity contribution in [2.45, 2.75) is 26.7 Å². The Kier molecular flexibility index (Phi) is 3.77. The third-order valence-corrected chi connectivity index (χ3v) is 2.64. The first-order chi connectivity index (χ1) is 7.47. The molecule has 0 amide bonds. The smallest absolute Gasteiger partial charge is 0.303 e. The number of phenols is 1. The maximum Gasteiger partial charge on any atom is 0.303 e. The van der Waals surface area contributed by atoms with Crippen LogP contribution in [-0.2, 0) is 11.2 Å². The Morgan fingerprint density at radius 3 is 2.56 bits per heavy atom. The maximum atomic E-state index is 10.5. The van der Waals surface area contributed by atoms with Gasteiger partial charge >= 0.3 is 5.97 Å². The summed E-state index contributed by atoms with van der Waals surface area (Å²) in [5.41, 5.74) is 2.18. The van der Waals surface area contributed by atoms with Crippen LogP contribution in [-0.4, -0.2) is 23.3 Å². The number of aliphatic carboxylic acids is 1. The van der Waals surface area contributed by atoms with Crippen LogP contribution in [0.1, 0.15) is 23.1 Å². The summed E-state index contributed by atoms with van der Waals surface area (Å²) in [6, 6.07) is 1.81. The molecule has 0 aliphatic rings. The zero-order chi connectivity index (χ0) is 12.3. The van der Waals surface area contributed by atoms with Gasteiger partial charge in [-0.1, -0.05) is 0 Å². The second kappa shape index (κ2) is 4.88. The molecule has 0 atom stereocenters. The van der Waals surface area contributed by atoms with E-state index < -0.39 is 5.97 Å². The van der Waals surface area contributed by atoms with Crippen LogP contribution >= 0.6 is 0 Å². The van der Waals surface area contributed by atoms with Crippen molar-refractivity contribution in [3.63, 3.8) is 0 Å². The molecule has 0 spiro atoms. The van der Waals surface area contributed by atoms with Crippen molar-refractivity contribution in [1.82, 2.24) is 0 Å². The fourth-order valence-corrected chi connectivity index (χ4v) is 1.68. The molecule has 0 aromatic heterocycles. The summed E-state index contributed by atoms with van der Waals surface area (Å²) in [5, 5.41) is 18.6. The molecule has 88 valence electrons. The van der Waals surface area contributed by atoms with E-state index in [0.717, 1.165) is 5.56 Å². The summed E-state index contributed by atoms with van der Waals surface area (Å²) >= 11 is 0. The molecule has 0 radical (unpaired) electrons. The van der Waals surface area contributed by atoms with Crippen molar-refractivity contribution in [3.8, 4) is 11.5 Å². The SMILES string of the molecule is COc1cc(C)c(CCC(=O)O)c(O)c1C. The molecule has 0 unspecified atom stereocenters. The molecule has 0 heterocycles. The number of ether oxygens (including phenoxy) is 1. The molecule has 16 heavy (non-hydrogen) atoms. The summed E-state index contributed by atoms with van der Waals surface area (Å²) in [7, 11) is 1.54. The van der Waals surface area contributed by atoms with Crippen LogP contribution < -0.4 is 4.74 Å².